The van der Waals surface area contributed by atoms with Crippen LogP contribution in [0.15, 0.2) is 64.5 Å². The van der Waals surface area contributed by atoms with E-state index in [0.717, 1.165) is 31.1 Å². The highest BCUT2D eigenvalue weighted by atomic mass is 32.2. The maximum Gasteiger partial charge on any atom is 0.351 e. The Morgan fingerprint density at radius 1 is 0.962 bits per heavy atom. The van der Waals surface area contributed by atoms with Gasteiger partial charge in [-0.05, 0) is 48.2 Å². The van der Waals surface area contributed by atoms with Gasteiger partial charge in [-0.1, -0.05) is 38.1 Å². The van der Waals surface area contributed by atoms with Gasteiger partial charge in [0.1, 0.15) is 0 Å². The van der Waals surface area contributed by atoms with Crippen LogP contribution in [0.3, 0.4) is 0 Å². The number of carbonyl (C=O) groups is 1. The maximum absolute atomic E-state index is 12.8. The Hall–Kier alpha value is -2.60. The summed E-state index contributed by atoms with van der Waals surface area (Å²) in [6.45, 7) is 4.03. The number of hydrogen-bond acceptors (Lipinski definition) is 5. The minimum absolute atomic E-state index is 0.0504. The molecule has 0 radical (unpaired) electrons. The van der Waals surface area contributed by atoms with Gasteiger partial charge in [-0.25, -0.2) is 13.2 Å². The van der Waals surface area contributed by atoms with Crippen LogP contribution in [0, 0.1) is 0 Å². The number of sulfone groups is 1. The number of hydrogen-bond donors (Lipinski definition) is 1. The molecule has 0 aliphatic rings. The first kappa shape index (κ1) is 19.7. The van der Waals surface area contributed by atoms with Crippen molar-refractivity contribution in [3.8, 4) is 0 Å². The van der Waals surface area contributed by atoms with E-state index >= 15 is 0 Å². The Labute approximate surface area is 154 Å². The van der Waals surface area contributed by atoms with Gasteiger partial charge in [0, 0.05) is 11.9 Å². The molecule has 0 saturated heterocycles. The highest BCUT2D eigenvalue weighted by Crippen LogP contribution is 2.22. The van der Waals surface area contributed by atoms with Crippen LogP contribution in [-0.2, 0) is 32.2 Å². The number of carbonyl (C=O) groups excluding carboxylic acids is 1. The van der Waals surface area contributed by atoms with Crippen LogP contribution in [0.25, 0.3) is 0 Å². The Bertz CT molecular complexity index is 882. The second-order valence-electron chi connectivity index (χ2n) is 5.70. The predicted molar refractivity (Wildman–Crippen MR) is 103 cm³/mol. The van der Waals surface area contributed by atoms with Gasteiger partial charge in [-0.15, -0.1) is 0 Å². The van der Waals surface area contributed by atoms with E-state index in [2.05, 4.69) is 10.1 Å². The average molecular weight is 373 g/mol. The molecule has 0 saturated carbocycles. The van der Waals surface area contributed by atoms with E-state index in [1.165, 1.54) is 18.3 Å². The minimum Gasteiger partial charge on any atom is -0.465 e. The molecule has 5 nitrogen and oxygen atoms in total. The first-order valence-corrected chi connectivity index (χ1v) is 9.88. The first-order valence-electron chi connectivity index (χ1n) is 8.40. The second kappa shape index (κ2) is 8.67. The third kappa shape index (κ3) is 4.52. The summed E-state index contributed by atoms with van der Waals surface area (Å²) in [4.78, 5) is 11.7. The van der Waals surface area contributed by atoms with Crippen LogP contribution in [0.1, 0.15) is 25.0 Å². The van der Waals surface area contributed by atoms with Crippen molar-refractivity contribution in [3.05, 3.63) is 70.8 Å². The molecule has 2 aromatic carbocycles. The summed E-state index contributed by atoms with van der Waals surface area (Å²) in [5, 5.41) is 2.87. The number of anilines is 1. The summed E-state index contributed by atoms with van der Waals surface area (Å²) < 4.78 is 30.4. The van der Waals surface area contributed by atoms with Gasteiger partial charge in [0.15, 0.2) is 4.91 Å². The zero-order valence-corrected chi connectivity index (χ0v) is 16.0. The fourth-order valence-corrected chi connectivity index (χ4v) is 3.63. The number of nitrogens with one attached hydrogen (secondary N) is 1. The molecule has 0 bridgehead atoms. The van der Waals surface area contributed by atoms with E-state index in [0.29, 0.717) is 5.69 Å². The molecule has 138 valence electrons. The zero-order chi connectivity index (χ0) is 19.2. The summed E-state index contributed by atoms with van der Waals surface area (Å²) in [7, 11) is -2.84. The third-order valence-electron chi connectivity index (χ3n) is 4.05. The van der Waals surface area contributed by atoms with Crippen molar-refractivity contribution in [2.75, 3.05) is 12.4 Å². The van der Waals surface area contributed by atoms with Crippen molar-refractivity contribution in [2.24, 2.45) is 0 Å². The molecular formula is C20H23NO4S. The van der Waals surface area contributed by atoms with Gasteiger partial charge in [-0.3, -0.25) is 0 Å². The molecule has 6 heteroatoms. The van der Waals surface area contributed by atoms with Crippen molar-refractivity contribution >= 4 is 21.5 Å². The predicted octanol–water partition coefficient (Wildman–Crippen LogP) is 3.71. The smallest absolute Gasteiger partial charge is 0.351 e. The highest BCUT2D eigenvalue weighted by Gasteiger charge is 2.28. The van der Waals surface area contributed by atoms with E-state index in [-0.39, 0.29) is 4.90 Å². The number of methoxy groups -OCH3 is 1. The van der Waals surface area contributed by atoms with Crippen LogP contribution in [-0.4, -0.2) is 21.5 Å². The fraction of sp³-hybridized carbons (Fsp3) is 0.250. The largest absolute Gasteiger partial charge is 0.465 e. The number of rotatable bonds is 7. The first-order chi connectivity index (χ1) is 12.4. The van der Waals surface area contributed by atoms with Crippen LogP contribution < -0.4 is 5.32 Å². The Morgan fingerprint density at radius 2 is 1.46 bits per heavy atom. The SMILES string of the molecule is CCc1ccc(N/C=C(/C(=O)OC)S(=O)(=O)c2ccc(CC)cc2)cc1. The number of esters is 1. The second-order valence-corrected chi connectivity index (χ2v) is 7.61. The Morgan fingerprint density at radius 3 is 1.92 bits per heavy atom. The quantitative estimate of drug-likeness (QED) is 0.592. The number of aryl methyl sites for hydroxylation is 2. The zero-order valence-electron chi connectivity index (χ0n) is 15.2. The fourth-order valence-electron chi connectivity index (χ4n) is 2.36. The molecule has 2 aromatic rings. The van der Waals surface area contributed by atoms with E-state index in [1.54, 1.807) is 12.1 Å². The average Bonchev–Trinajstić information content (AvgIpc) is 2.68. The lowest BCUT2D eigenvalue weighted by Gasteiger charge is -2.09. The van der Waals surface area contributed by atoms with Gasteiger partial charge < -0.3 is 10.1 Å². The molecule has 0 atom stereocenters. The topological polar surface area (TPSA) is 72.5 Å². The summed E-state index contributed by atoms with van der Waals surface area (Å²) >= 11 is 0. The molecule has 0 fully saturated rings. The molecule has 0 amide bonds. The van der Waals surface area contributed by atoms with E-state index in [1.807, 2.05) is 38.1 Å². The van der Waals surface area contributed by atoms with Crippen LogP contribution in [0.2, 0.25) is 0 Å². The maximum atomic E-state index is 12.8. The summed E-state index contributed by atoms with van der Waals surface area (Å²) in [6, 6.07) is 14.0. The minimum atomic E-state index is -4.00. The molecule has 0 unspecified atom stereocenters. The summed E-state index contributed by atoms with van der Waals surface area (Å²) in [6.07, 6.45) is 2.89. The van der Waals surface area contributed by atoms with E-state index in [4.69, 9.17) is 0 Å². The molecule has 2 rings (SSSR count). The number of ether oxygens (including phenoxy) is 1. The molecule has 0 aliphatic carbocycles. The van der Waals surface area contributed by atoms with Crippen molar-refractivity contribution in [2.45, 2.75) is 31.6 Å². The van der Waals surface area contributed by atoms with Crippen LogP contribution in [0.5, 0.6) is 0 Å². The number of benzene rings is 2. The Kier molecular flexibility index (Phi) is 6.58. The van der Waals surface area contributed by atoms with Gasteiger partial charge in [-0.2, -0.15) is 0 Å². The highest BCUT2D eigenvalue weighted by molar-refractivity contribution is 7.96. The van der Waals surface area contributed by atoms with Crippen molar-refractivity contribution in [1.82, 2.24) is 0 Å². The van der Waals surface area contributed by atoms with Gasteiger partial charge in [0.05, 0.1) is 12.0 Å². The lowest BCUT2D eigenvalue weighted by atomic mass is 10.1. The van der Waals surface area contributed by atoms with Crippen LogP contribution in [0.4, 0.5) is 5.69 Å². The van der Waals surface area contributed by atoms with Crippen molar-refractivity contribution in [3.63, 3.8) is 0 Å². The van der Waals surface area contributed by atoms with Gasteiger partial charge in [0.2, 0.25) is 9.84 Å². The molecule has 0 aliphatic heterocycles. The standard InChI is InChI=1S/C20H23NO4S/c1-4-15-6-10-17(11-7-15)21-14-19(20(22)25-3)26(23,24)18-12-8-16(5-2)9-13-18/h6-14,21H,4-5H2,1-3H3/b19-14-. The van der Waals surface area contributed by atoms with E-state index < -0.39 is 20.7 Å². The summed E-state index contributed by atoms with van der Waals surface area (Å²) in [5.74, 6) is -0.915. The molecule has 0 aromatic heterocycles. The van der Waals surface area contributed by atoms with E-state index in [9.17, 15) is 13.2 Å². The monoisotopic (exact) mass is 373 g/mol. The molecule has 0 spiro atoms. The van der Waals surface area contributed by atoms with Crippen molar-refractivity contribution < 1.29 is 17.9 Å². The van der Waals surface area contributed by atoms with Crippen molar-refractivity contribution in [1.29, 1.82) is 0 Å². The molecule has 0 heterocycles. The lowest BCUT2D eigenvalue weighted by molar-refractivity contribution is -0.135. The normalized spacial score (nSPS) is 11.9. The Balaban J connectivity index is 2.36. The molecular weight excluding hydrogens is 350 g/mol. The third-order valence-corrected chi connectivity index (χ3v) is 5.81. The summed E-state index contributed by atoms with van der Waals surface area (Å²) in [5.41, 5.74) is 2.86. The molecule has 1 N–H and O–H groups in total. The van der Waals surface area contributed by atoms with Gasteiger partial charge >= 0.3 is 5.97 Å². The lowest BCUT2D eigenvalue weighted by Crippen LogP contribution is -2.17. The van der Waals surface area contributed by atoms with Gasteiger partial charge in [0.25, 0.3) is 0 Å². The molecule has 26 heavy (non-hydrogen) atoms. The van der Waals surface area contributed by atoms with Crippen LogP contribution >= 0.6 is 0 Å².